The molecule has 0 bridgehead atoms. The monoisotopic (exact) mass is 283 g/mol. The molecule has 2 nitrogen and oxygen atoms in total. The SMILES string of the molecule is CCc1ccc(C(=O)CN2CC(C)SC(C)C2)s1. The van der Waals surface area contributed by atoms with E-state index in [0.29, 0.717) is 17.0 Å². The highest BCUT2D eigenvalue weighted by molar-refractivity contribution is 8.00. The summed E-state index contributed by atoms with van der Waals surface area (Å²) in [7, 11) is 0. The van der Waals surface area contributed by atoms with E-state index in [1.807, 2.05) is 17.8 Å². The summed E-state index contributed by atoms with van der Waals surface area (Å²) in [5.74, 6) is 0.283. The molecule has 0 N–H and O–H groups in total. The van der Waals surface area contributed by atoms with Crippen molar-refractivity contribution in [1.29, 1.82) is 0 Å². The molecule has 2 heterocycles. The topological polar surface area (TPSA) is 20.3 Å². The number of hydrogen-bond donors (Lipinski definition) is 0. The van der Waals surface area contributed by atoms with E-state index in [2.05, 4.69) is 31.7 Å². The average Bonchev–Trinajstić information content (AvgIpc) is 2.75. The number of nitrogens with zero attached hydrogens (tertiary/aromatic N) is 1. The standard InChI is InChI=1S/C14H21NOS2/c1-4-12-5-6-14(18-12)13(16)9-15-7-10(2)17-11(3)8-15/h5-6,10-11H,4,7-9H2,1-3H3. The Hall–Kier alpha value is -0.320. The van der Waals surface area contributed by atoms with E-state index in [1.165, 1.54) is 4.88 Å². The molecule has 0 amide bonds. The van der Waals surface area contributed by atoms with Crippen LogP contribution in [0, 0.1) is 0 Å². The summed E-state index contributed by atoms with van der Waals surface area (Å²) in [4.78, 5) is 16.7. The first-order valence-electron chi connectivity index (χ1n) is 6.58. The summed E-state index contributed by atoms with van der Waals surface area (Å²) in [6, 6.07) is 4.06. The van der Waals surface area contributed by atoms with Gasteiger partial charge in [0.25, 0.3) is 0 Å². The molecule has 0 saturated carbocycles. The highest BCUT2D eigenvalue weighted by Crippen LogP contribution is 2.25. The molecule has 1 fully saturated rings. The number of ketones is 1. The summed E-state index contributed by atoms with van der Waals surface area (Å²) in [5, 5.41) is 1.27. The lowest BCUT2D eigenvalue weighted by molar-refractivity contribution is 0.0934. The van der Waals surface area contributed by atoms with Crippen LogP contribution in [0.3, 0.4) is 0 Å². The van der Waals surface area contributed by atoms with Gasteiger partial charge in [0.1, 0.15) is 0 Å². The zero-order chi connectivity index (χ0) is 13.1. The van der Waals surface area contributed by atoms with Crippen molar-refractivity contribution < 1.29 is 4.79 Å². The maximum absolute atomic E-state index is 12.2. The summed E-state index contributed by atoms with van der Waals surface area (Å²) in [5.41, 5.74) is 0. The Morgan fingerprint density at radius 2 is 2.00 bits per heavy atom. The smallest absolute Gasteiger partial charge is 0.186 e. The van der Waals surface area contributed by atoms with Gasteiger partial charge in [-0.3, -0.25) is 9.69 Å². The van der Waals surface area contributed by atoms with Gasteiger partial charge in [0.15, 0.2) is 5.78 Å². The molecule has 0 aromatic carbocycles. The van der Waals surface area contributed by atoms with Crippen LogP contribution >= 0.6 is 23.1 Å². The molecule has 0 aliphatic carbocycles. The van der Waals surface area contributed by atoms with Crippen molar-refractivity contribution in [3.63, 3.8) is 0 Å². The lowest BCUT2D eigenvalue weighted by Gasteiger charge is -2.33. The molecule has 0 spiro atoms. The second-order valence-corrected chi connectivity index (χ2v) is 8.04. The second kappa shape index (κ2) is 6.22. The summed E-state index contributed by atoms with van der Waals surface area (Å²) >= 11 is 3.67. The molecule has 2 unspecified atom stereocenters. The molecule has 2 rings (SSSR count). The molecule has 18 heavy (non-hydrogen) atoms. The Morgan fingerprint density at radius 1 is 1.33 bits per heavy atom. The maximum atomic E-state index is 12.2. The van der Waals surface area contributed by atoms with Crippen LogP contribution in [0.15, 0.2) is 12.1 Å². The van der Waals surface area contributed by atoms with Gasteiger partial charge in [0.2, 0.25) is 0 Å². The largest absolute Gasteiger partial charge is 0.294 e. The van der Waals surface area contributed by atoms with Crippen molar-refractivity contribution >= 4 is 28.9 Å². The van der Waals surface area contributed by atoms with Crippen LogP contribution in [-0.2, 0) is 6.42 Å². The molecule has 1 aromatic heterocycles. The van der Waals surface area contributed by atoms with Gasteiger partial charge in [-0.25, -0.2) is 0 Å². The van der Waals surface area contributed by atoms with E-state index < -0.39 is 0 Å². The Morgan fingerprint density at radius 3 is 2.56 bits per heavy atom. The number of aryl methyl sites for hydroxylation is 1. The number of carbonyl (C=O) groups excluding carboxylic acids is 1. The van der Waals surface area contributed by atoms with Gasteiger partial charge in [-0.15, -0.1) is 11.3 Å². The fraction of sp³-hybridized carbons (Fsp3) is 0.643. The van der Waals surface area contributed by atoms with E-state index in [9.17, 15) is 4.79 Å². The van der Waals surface area contributed by atoms with Crippen LogP contribution in [0.25, 0.3) is 0 Å². The van der Waals surface area contributed by atoms with E-state index in [4.69, 9.17) is 0 Å². The number of carbonyl (C=O) groups is 1. The first kappa shape index (κ1) is 14.1. The summed E-state index contributed by atoms with van der Waals surface area (Å²) < 4.78 is 0. The summed E-state index contributed by atoms with van der Waals surface area (Å²) in [6.45, 7) is 9.28. The van der Waals surface area contributed by atoms with E-state index in [0.717, 1.165) is 24.4 Å². The molecule has 2 atom stereocenters. The number of thioether (sulfide) groups is 1. The lowest BCUT2D eigenvalue weighted by Crippen LogP contribution is -2.42. The Kier molecular flexibility index (Phi) is 4.87. The minimum Gasteiger partial charge on any atom is -0.294 e. The fourth-order valence-corrected chi connectivity index (χ4v) is 4.68. The van der Waals surface area contributed by atoms with Crippen molar-refractivity contribution in [3.05, 3.63) is 21.9 Å². The Bertz CT molecular complexity index is 406. The van der Waals surface area contributed by atoms with Gasteiger partial charge in [-0.05, 0) is 18.6 Å². The quantitative estimate of drug-likeness (QED) is 0.791. The van der Waals surface area contributed by atoms with Crippen molar-refractivity contribution in [2.24, 2.45) is 0 Å². The molecule has 4 heteroatoms. The van der Waals surface area contributed by atoms with Crippen LogP contribution in [0.1, 0.15) is 35.3 Å². The van der Waals surface area contributed by atoms with Crippen molar-refractivity contribution in [2.45, 2.75) is 37.7 Å². The molecule has 0 radical (unpaired) electrons. The van der Waals surface area contributed by atoms with Gasteiger partial charge in [-0.1, -0.05) is 20.8 Å². The zero-order valence-corrected chi connectivity index (χ0v) is 12.9. The highest BCUT2D eigenvalue weighted by Gasteiger charge is 2.24. The zero-order valence-electron chi connectivity index (χ0n) is 11.3. The van der Waals surface area contributed by atoms with Crippen molar-refractivity contribution in [1.82, 2.24) is 4.90 Å². The third-order valence-corrected chi connectivity index (χ3v) is 5.65. The molecule has 1 saturated heterocycles. The van der Waals surface area contributed by atoms with E-state index >= 15 is 0 Å². The number of hydrogen-bond acceptors (Lipinski definition) is 4. The lowest BCUT2D eigenvalue weighted by atomic mass is 10.2. The molecule has 100 valence electrons. The highest BCUT2D eigenvalue weighted by atomic mass is 32.2. The number of Topliss-reactive ketones (excluding diaryl/α,β-unsaturated/α-hetero) is 1. The van der Waals surface area contributed by atoms with E-state index in [-0.39, 0.29) is 5.78 Å². The minimum atomic E-state index is 0.283. The molecule has 1 aliphatic rings. The molecular weight excluding hydrogens is 262 g/mol. The molecule has 1 aromatic rings. The Balaban J connectivity index is 1.94. The fourth-order valence-electron chi connectivity index (χ4n) is 2.41. The first-order valence-corrected chi connectivity index (χ1v) is 8.34. The van der Waals surface area contributed by atoms with Crippen LogP contribution in [0.4, 0.5) is 0 Å². The van der Waals surface area contributed by atoms with Crippen LogP contribution in [0.2, 0.25) is 0 Å². The van der Waals surface area contributed by atoms with Crippen molar-refractivity contribution in [3.8, 4) is 0 Å². The van der Waals surface area contributed by atoms with Crippen molar-refractivity contribution in [2.75, 3.05) is 19.6 Å². The third-order valence-electron chi connectivity index (χ3n) is 3.15. The predicted molar refractivity (Wildman–Crippen MR) is 81.0 cm³/mol. The van der Waals surface area contributed by atoms with E-state index in [1.54, 1.807) is 11.3 Å². The molecule has 1 aliphatic heterocycles. The Labute approximate surface area is 118 Å². The van der Waals surface area contributed by atoms with Crippen LogP contribution in [-0.4, -0.2) is 40.8 Å². The second-order valence-electron chi connectivity index (χ2n) is 4.99. The van der Waals surface area contributed by atoms with Crippen LogP contribution < -0.4 is 0 Å². The number of thiophene rings is 1. The predicted octanol–water partition coefficient (Wildman–Crippen LogP) is 3.32. The van der Waals surface area contributed by atoms with Gasteiger partial charge in [-0.2, -0.15) is 11.8 Å². The van der Waals surface area contributed by atoms with Gasteiger partial charge in [0.05, 0.1) is 11.4 Å². The normalized spacial score (nSPS) is 25.3. The minimum absolute atomic E-state index is 0.283. The van der Waals surface area contributed by atoms with Crippen LogP contribution in [0.5, 0.6) is 0 Å². The average molecular weight is 283 g/mol. The molecular formula is C14H21NOS2. The third kappa shape index (κ3) is 3.59. The maximum Gasteiger partial charge on any atom is 0.186 e. The number of rotatable bonds is 4. The van der Waals surface area contributed by atoms with Gasteiger partial charge < -0.3 is 0 Å². The van der Waals surface area contributed by atoms with Gasteiger partial charge >= 0.3 is 0 Å². The first-order chi connectivity index (χ1) is 8.58. The van der Waals surface area contributed by atoms with Gasteiger partial charge in [0, 0.05) is 28.5 Å². The summed E-state index contributed by atoms with van der Waals surface area (Å²) in [6.07, 6.45) is 1.02.